The third kappa shape index (κ3) is 2.18. The summed E-state index contributed by atoms with van der Waals surface area (Å²) in [6.07, 6.45) is 2.96. The molecule has 5 heteroatoms. The van der Waals surface area contributed by atoms with Crippen molar-refractivity contribution >= 4 is 23.1 Å². The molecule has 1 aliphatic rings. The molecule has 0 spiro atoms. The first-order chi connectivity index (χ1) is 9.85. The summed E-state index contributed by atoms with van der Waals surface area (Å²) in [7, 11) is 0. The summed E-state index contributed by atoms with van der Waals surface area (Å²) in [5.41, 5.74) is 2.79. The lowest BCUT2D eigenvalue weighted by Gasteiger charge is -2.22. The Labute approximate surface area is 118 Å². The Bertz CT molecular complexity index is 614. The predicted octanol–water partition coefficient (Wildman–Crippen LogP) is 2.09. The fraction of sp³-hybridized carbons (Fsp3) is 0.467. The number of imidazole rings is 1. The molecule has 0 aliphatic carbocycles. The number of nitrogens with zero attached hydrogens (tertiary/aromatic N) is 2. The van der Waals surface area contributed by atoms with Crippen molar-refractivity contribution in [3.05, 3.63) is 24.0 Å². The van der Waals surface area contributed by atoms with Crippen molar-refractivity contribution in [1.29, 1.82) is 0 Å². The van der Waals surface area contributed by atoms with E-state index in [0.717, 1.165) is 55.0 Å². The van der Waals surface area contributed by atoms with Crippen molar-refractivity contribution in [3.8, 4) is 0 Å². The van der Waals surface area contributed by atoms with E-state index in [0.29, 0.717) is 12.3 Å². The summed E-state index contributed by atoms with van der Waals surface area (Å²) in [5, 5.41) is 6.14. The van der Waals surface area contributed by atoms with Crippen LogP contribution in [0.1, 0.15) is 31.5 Å². The van der Waals surface area contributed by atoms with Crippen LogP contribution in [0.3, 0.4) is 0 Å². The van der Waals surface area contributed by atoms with Crippen LogP contribution in [0.15, 0.2) is 18.2 Å². The molecular weight excluding hydrogens is 252 g/mol. The molecule has 3 rings (SSSR count). The molecule has 2 N–H and O–H groups in total. The summed E-state index contributed by atoms with van der Waals surface area (Å²) >= 11 is 0. The maximum absolute atomic E-state index is 10.7. The Morgan fingerprint density at radius 2 is 2.25 bits per heavy atom. The SMILES string of the molecule is CCn1c(C2CCNCC2)nc2c(NC=O)cccc21. The summed E-state index contributed by atoms with van der Waals surface area (Å²) in [6.45, 7) is 5.15. The molecule has 0 atom stereocenters. The Balaban J connectivity index is 2.11. The number of anilines is 1. The average molecular weight is 272 g/mol. The van der Waals surface area contributed by atoms with Gasteiger partial charge in [0.05, 0.1) is 11.2 Å². The Morgan fingerprint density at radius 3 is 2.95 bits per heavy atom. The second-order valence-corrected chi connectivity index (χ2v) is 5.17. The fourth-order valence-electron chi connectivity index (χ4n) is 3.07. The number of amides is 1. The Morgan fingerprint density at radius 1 is 1.45 bits per heavy atom. The first-order valence-electron chi connectivity index (χ1n) is 7.25. The van der Waals surface area contributed by atoms with E-state index in [2.05, 4.69) is 28.2 Å². The molecule has 0 saturated carbocycles. The molecule has 1 saturated heterocycles. The van der Waals surface area contributed by atoms with Gasteiger partial charge in [-0.15, -0.1) is 0 Å². The number of para-hydroxylation sites is 1. The molecule has 2 heterocycles. The topological polar surface area (TPSA) is 59.0 Å². The fourth-order valence-corrected chi connectivity index (χ4v) is 3.07. The molecule has 0 unspecified atom stereocenters. The van der Waals surface area contributed by atoms with Crippen molar-refractivity contribution in [2.75, 3.05) is 18.4 Å². The van der Waals surface area contributed by atoms with E-state index in [1.807, 2.05) is 12.1 Å². The van der Waals surface area contributed by atoms with Crippen LogP contribution in [0.4, 0.5) is 5.69 Å². The highest BCUT2D eigenvalue weighted by Gasteiger charge is 2.22. The summed E-state index contributed by atoms with van der Waals surface area (Å²) < 4.78 is 2.28. The number of hydrogen-bond donors (Lipinski definition) is 2. The van der Waals surface area contributed by atoms with Crippen molar-refractivity contribution < 1.29 is 4.79 Å². The number of nitrogens with one attached hydrogen (secondary N) is 2. The number of piperidine rings is 1. The molecule has 1 fully saturated rings. The lowest BCUT2D eigenvalue weighted by Crippen LogP contribution is -2.28. The van der Waals surface area contributed by atoms with Gasteiger partial charge >= 0.3 is 0 Å². The molecule has 106 valence electrons. The van der Waals surface area contributed by atoms with E-state index in [-0.39, 0.29) is 0 Å². The van der Waals surface area contributed by atoms with Gasteiger partial charge in [0.25, 0.3) is 0 Å². The number of rotatable bonds is 4. The maximum Gasteiger partial charge on any atom is 0.211 e. The van der Waals surface area contributed by atoms with Gasteiger partial charge in [-0.25, -0.2) is 4.98 Å². The van der Waals surface area contributed by atoms with Gasteiger partial charge in [-0.3, -0.25) is 4.79 Å². The molecule has 0 radical (unpaired) electrons. The van der Waals surface area contributed by atoms with Crippen LogP contribution < -0.4 is 10.6 Å². The molecule has 2 aromatic rings. The standard InChI is InChI=1S/C15H20N4O/c1-2-19-13-5-3-4-12(17-10-20)14(13)18-15(19)11-6-8-16-9-7-11/h3-5,10-11,16H,2,6-9H2,1H3,(H,17,20). The number of carbonyl (C=O) groups excluding carboxylic acids is 1. The van der Waals surface area contributed by atoms with Gasteiger partial charge in [-0.2, -0.15) is 0 Å². The van der Waals surface area contributed by atoms with Crippen molar-refractivity contribution in [1.82, 2.24) is 14.9 Å². The van der Waals surface area contributed by atoms with E-state index in [9.17, 15) is 4.79 Å². The van der Waals surface area contributed by atoms with Gasteiger partial charge in [0.2, 0.25) is 6.41 Å². The monoisotopic (exact) mass is 272 g/mol. The third-order valence-corrected chi connectivity index (χ3v) is 4.04. The van der Waals surface area contributed by atoms with Crippen molar-refractivity contribution in [2.45, 2.75) is 32.2 Å². The molecular formula is C15H20N4O. The molecule has 1 amide bonds. The van der Waals surface area contributed by atoms with Crippen LogP contribution in [-0.2, 0) is 11.3 Å². The molecule has 5 nitrogen and oxygen atoms in total. The molecule has 1 aliphatic heterocycles. The lowest BCUT2D eigenvalue weighted by molar-refractivity contribution is -0.105. The lowest BCUT2D eigenvalue weighted by atomic mass is 9.97. The molecule has 20 heavy (non-hydrogen) atoms. The minimum Gasteiger partial charge on any atom is -0.328 e. The Hall–Kier alpha value is -1.88. The number of benzene rings is 1. The normalized spacial score (nSPS) is 16.4. The van der Waals surface area contributed by atoms with E-state index in [1.165, 1.54) is 0 Å². The number of fused-ring (bicyclic) bond motifs is 1. The second-order valence-electron chi connectivity index (χ2n) is 5.17. The molecule has 1 aromatic heterocycles. The zero-order valence-electron chi connectivity index (χ0n) is 11.7. The van der Waals surface area contributed by atoms with Crippen molar-refractivity contribution in [2.24, 2.45) is 0 Å². The predicted molar refractivity (Wildman–Crippen MR) is 79.9 cm³/mol. The summed E-state index contributed by atoms with van der Waals surface area (Å²) in [4.78, 5) is 15.6. The number of aromatic nitrogens is 2. The maximum atomic E-state index is 10.7. The van der Waals surface area contributed by atoms with Crippen molar-refractivity contribution in [3.63, 3.8) is 0 Å². The van der Waals surface area contributed by atoms with Crippen LogP contribution in [0, 0.1) is 0 Å². The quantitative estimate of drug-likeness (QED) is 0.838. The second kappa shape index (κ2) is 5.63. The summed E-state index contributed by atoms with van der Waals surface area (Å²) in [5.74, 6) is 1.66. The largest absolute Gasteiger partial charge is 0.328 e. The van der Waals surface area contributed by atoms with Crippen LogP contribution in [0.2, 0.25) is 0 Å². The smallest absolute Gasteiger partial charge is 0.211 e. The number of aryl methyl sites for hydroxylation is 1. The van der Waals surface area contributed by atoms with Gasteiger partial charge in [0.1, 0.15) is 11.3 Å². The van der Waals surface area contributed by atoms with Gasteiger partial charge in [0.15, 0.2) is 0 Å². The van der Waals surface area contributed by atoms with Crippen LogP contribution in [0.5, 0.6) is 0 Å². The van der Waals surface area contributed by atoms with E-state index < -0.39 is 0 Å². The zero-order valence-corrected chi connectivity index (χ0v) is 11.7. The van der Waals surface area contributed by atoms with Gasteiger partial charge < -0.3 is 15.2 Å². The third-order valence-electron chi connectivity index (χ3n) is 4.04. The number of carbonyl (C=O) groups is 1. The summed E-state index contributed by atoms with van der Waals surface area (Å²) in [6, 6.07) is 5.94. The highest BCUT2D eigenvalue weighted by molar-refractivity contribution is 5.93. The molecule has 0 bridgehead atoms. The van der Waals surface area contributed by atoms with Crippen LogP contribution >= 0.6 is 0 Å². The zero-order chi connectivity index (χ0) is 13.9. The highest BCUT2D eigenvalue weighted by Crippen LogP contribution is 2.30. The van der Waals surface area contributed by atoms with Gasteiger partial charge in [-0.05, 0) is 45.0 Å². The van der Waals surface area contributed by atoms with Gasteiger partial charge in [0, 0.05) is 12.5 Å². The first kappa shape index (κ1) is 13.1. The van der Waals surface area contributed by atoms with Crippen LogP contribution in [0.25, 0.3) is 11.0 Å². The van der Waals surface area contributed by atoms with E-state index >= 15 is 0 Å². The molecule has 1 aromatic carbocycles. The first-order valence-corrected chi connectivity index (χ1v) is 7.25. The minimum absolute atomic E-state index is 0.507. The van der Waals surface area contributed by atoms with E-state index in [4.69, 9.17) is 4.98 Å². The Kier molecular flexibility index (Phi) is 3.69. The van der Waals surface area contributed by atoms with E-state index in [1.54, 1.807) is 0 Å². The average Bonchev–Trinajstić information content (AvgIpc) is 2.88. The highest BCUT2D eigenvalue weighted by atomic mass is 16.1. The van der Waals surface area contributed by atoms with Gasteiger partial charge in [-0.1, -0.05) is 6.07 Å². The van der Waals surface area contributed by atoms with Crippen LogP contribution in [-0.4, -0.2) is 29.1 Å². The minimum atomic E-state index is 0.507. The number of hydrogen-bond acceptors (Lipinski definition) is 3.